The van der Waals surface area contributed by atoms with Gasteiger partial charge in [0.2, 0.25) is 0 Å². The maximum atomic E-state index is 4.06. The summed E-state index contributed by atoms with van der Waals surface area (Å²) in [5.74, 6) is 3.78. The number of rotatable bonds is 4. The molecule has 0 aromatic heterocycles. The van der Waals surface area contributed by atoms with E-state index in [1.807, 2.05) is 11.8 Å². The van der Waals surface area contributed by atoms with Gasteiger partial charge in [0.15, 0.2) is 8.07 Å². The van der Waals surface area contributed by atoms with Crippen LogP contribution in [0.25, 0.3) is 21.5 Å². The third-order valence-electron chi connectivity index (χ3n) is 9.09. The van der Waals surface area contributed by atoms with Crippen LogP contribution in [0, 0.1) is 11.5 Å². The second-order valence-electron chi connectivity index (χ2n) is 12.0. The van der Waals surface area contributed by atoms with Crippen LogP contribution < -0.4 is 0 Å². The van der Waals surface area contributed by atoms with E-state index in [-0.39, 0.29) is 0 Å². The average Bonchev–Trinajstić information content (AvgIpc) is 3.40. The summed E-state index contributed by atoms with van der Waals surface area (Å²) in [6.07, 6.45) is 0.948. The molecule has 0 fully saturated rings. The topological polar surface area (TPSA) is 0 Å². The molecule has 0 amide bonds. The molecule has 0 nitrogen and oxygen atoms in total. The van der Waals surface area contributed by atoms with Crippen molar-refractivity contribution in [2.45, 2.75) is 22.8 Å². The minimum absolute atomic E-state index is 0.948. The molecule has 0 spiro atoms. The summed E-state index contributed by atoms with van der Waals surface area (Å²) in [5, 5.41) is 2.76. The number of hydrogen-bond acceptors (Lipinski definition) is 1. The maximum Gasteiger partial charge on any atom is 0.199 e. The van der Waals surface area contributed by atoms with Gasteiger partial charge in [-0.2, -0.15) is 0 Å². The molecule has 218 valence electrons. The van der Waals surface area contributed by atoms with Gasteiger partial charge in [-0.15, -0.1) is 5.54 Å². The first kappa shape index (κ1) is 28.4. The molecule has 0 atom stereocenters. The standard InChI is InChI=1S/C44H32SSi/c1-46(29-28-32-26-27-40-38(30-32)31-37-24-14-15-25-39(37)45-40)43(35-20-10-4-11-21-35)41(33-16-6-2-7-17-33)42(34-18-8-3-9-19-34)44(46)36-22-12-5-13-23-36/h2-27,30H,31H2,1H3. The zero-order valence-corrected chi connectivity index (χ0v) is 27.5. The maximum absolute atomic E-state index is 4.06. The molecule has 0 bridgehead atoms. The van der Waals surface area contributed by atoms with Gasteiger partial charge in [-0.25, -0.2) is 0 Å². The second-order valence-corrected chi connectivity index (χ2v) is 16.6. The van der Waals surface area contributed by atoms with Crippen LogP contribution in [0.15, 0.2) is 174 Å². The second kappa shape index (κ2) is 12.0. The van der Waals surface area contributed by atoms with Crippen molar-refractivity contribution in [1.29, 1.82) is 0 Å². The van der Waals surface area contributed by atoms with Crippen molar-refractivity contribution >= 4 is 41.4 Å². The Kier molecular flexibility index (Phi) is 7.43. The summed E-state index contributed by atoms with van der Waals surface area (Å²) < 4.78 is 0. The summed E-state index contributed by atoms with van der Waals surface area (Å²) in [5.41, 5.74) is 15.5. The third-order valence-corrected chi connectivity index (χ3v) is 14.0. The SMILES string of the molecule is C[Si]1(C#Cc2ccc3c(c2)Cc2ccccc2S3)C(c2ccccc2)=C(c2ccccc2)C(c2ccccc2)=C1c1ccccc1. The Morgan fingerprint density at radius 2 is 0.935 bits per heavy atom. The number of benzene rings is 6. The highest BCUT2D eigenvalue weighted by atomic mass is 32.2. The minimum Gasteiger partial charge on any atom is -0.115 e. The summed E-state index contributed by atoms with van der Waals surface area (Å²) in [6, 6.07) is 59.4. The van der Waals surface area contributed by atoms with Crippen molar-refractivity contribution in [1.82, 2.24) is 0 Å². The third kappa shape index (κ3) is 5.09. The molecule has 0 saturated carbocycles. The van der Waals surface area contributed by atoms with Crippen LogP contribution >= 0.6 is 11.8 Å². The molecule has 0 radical (unpaired) electrons. The first-order valence-electron chi connectivity index (χ1n) is 15.8. The van der Waals surface area contributed by atoms with Crippen LogP contribution in [0.4, 0.5) is 0 Å². The van der Waals surface area contributed by atoms with Gasteiger partial charge >= 0.3 is 0 Å². The monoisotopic (exact) mass is 620 g/mol. The molecule has 0 unspecified atom stereocenters. The molecule has 0 aliphatic carbocycles. The van der Waals surface area contributed by atoms with Crippen molar-refractivity contribution in [2.24, 2.45) is 0 Å². The predicted octanol–water partition coefficient (Wildman–Crippen LogP) is 11.0. The molecule has 2 aliphatic heterocycles. The Morgan fingerprint density at radius 1 is 0.478 bits per heavy atom. The lowest BCUT2D eigenvalue weighted by atomic mass is 9.89. The number of hydrogen-bond donors (Lipinski definition) is 0. The Morgan fingerprint density at radius 3 is 1.48 bits per heavy atom. The largest absolute Gasteiger partial charge is 0.199 e. The van der Waals surface area contributed by atoms with Gasteiger partial charge in [-0.1, -0.05) is 164 Å². The van der Waals surface area contributed by atoms with Crippen LogP contribution in [-0.2, 0) is 6.42 Å². The fourth-order valence-electron chi connectivity index (χ4n) is 7.03. The van der Waals surface area contributed by atoms with Crippen molar-refractivity contribution in [2.75, 3.05) is 0 Å². The van der Waals surface area contributed by atoms with Crippen molar-refractivity contribution in [3.05, 3.63) is 203 Å². The van der Waals surface area contributed by atoms with Gasteiger partial charge in [0.1, 0.15) is 0 Å². The highest BCUT2D eigenvalue weighted by molar-refractivity contribution is 7.99. The molecular formula is C44H32SSi. The normalized spacial score (nSPS) is 14.7. The molecule has 46 heavy (non-hydrogen) atoms. The van der Waals surface area contributed by atoms with Gasteiger partial charge in [0.05, 0.1) is 0 Å². The Hall–Kier alpha value is -5.07. The van der Waals surface area contributed by atoms with Gasteiger partial charge < -0.3 is 0 Å². The van der Waals surface area contributed by atoms with E-state index in [2.05, 4.69) is 182 Å². The van der Waals surface area contributed by atoms with Crippen LogP contribution in [0.3, 0.4) is 0 Å². The lowest BCUT2D eigenvalue weighted by Gasteiger charge is -2.25. The van der Waals surface area contributed by atoms with Gasteiger partial charge in [-0.05, 0) is 85.6 Å². The Bertz CT molecular complexity index is 2090. The molecule has 6 aromatic rings. The van der Waals surface area contributed by atoms with E-state index in [4.69, 9.17) is 0 Å². The summed E-state index contributed by atoms with van der Waals surface area (Å²) in [4.78, 5) is 2.69. The summed E-state index contributed by atoms with van der Waals surface area (Å²) >= 11 is 1.87. The first-order chi connectivity index (χ1) is 22.7. The summed E-state index contributed by atoms with van der Waals surface area (Å²) in [6.45, 7) is 2.47. The van der Waals surface area contributed by atoms with E-state index >= 15 is 0 Å². The lowest BCUT2D eigenvalue weighted by molar-refractivity contribution is 1.05. The first-order valence-corrected chi connectivity index (χ1v) is 19.1. The van der Waals surface area contributed by atoms with Gasteiger partial charge in [0, 0.05) is 15.4 Å². The molecule has 2 aliphatic rings. The van der Waals surface area contributed by atoms with Gasteiger partial charge in [0.25, 0.3) is 0 Å². The van der Waals surface area contributed by atoms with E-state index in [1.165, 1.54) is 64.7 Å². The fraction of sp³-hybridized carbons (Fsp3) is 0.0455. The molecule has 8 rings (SSSR count). The van der Waals surface area contributed by atoms with E-state index in [0.717, 1.165) is 12.0 Å². The minimum atomic E-state index is -2.70. The molecular weight excluding hydrogens is 589 g/mol. The summed E-state index contributed by atoms with van der Waals surface area (Å²) in [7, 11) is -2.70. The fourth-order valence-corrected chi connectivity index (χ4v) is 12.0. The van der Waals surface area contributed by atoms with Crippen LogP contribution in [0.5, 0.6) is 0 Å². The highest BCUT2D eigenvalue weighted by Crippen LogP contribution is 2.55. The Labute approximate surface area is 277 Å². The average molecular weight is 621 g/mol. The predicted molar refractivity (Wildman–Crippen MR) is 198 cm³/mol. The van der Waals surface area contributed by atoms with E-state index in [1.54, 1.807) is 0 Å². The number of fused-ring (bicyclic) bond motifs is 2. The molecule has 0 N–H and O–H groups in total. The van der Waals surface area contributed by atoms with E-state index in [0.29, 0.717) is 0 Å². The smallest absolute Gasteiger partial charge is 0.115 e. The van der Waals surface area contributed by atoms with Crippen LogP contribution in [0.2, 0.25) is 6.55 Å². The molecule has 6 aromatic carbocycles. The number of allylic oxidation sites excluding steroid dienone is 2. The molecule has 2 heteroatoms. The molecule has 2 heterocycles. The molecule has 0 saturated heterocycles. The van der Waals surface area contributed by atoms with Gasteiger partial charge in [-0.3, -0.25) is 0 Å². The van der Waals surface area contributed by atoms with E-state index in [9.17, 15) is 0 Å². The van der Waals surface area contributed by atoms with E-state index < -0.39 is 8.07 Å². The zero-order chi connectivity index (χ0) is 30.9. The Balaban J connectivity index is 1.39. The van der Waals surface area contributed by atoms with Crippen molar-refractivity contribution < 1.29 is 0 Å². The van der Waals surface area contributed by atoms with Crippen LogP contribution in [0.1, 0.15) is 38.9 Å². The lowest BCUT2D eigenvalue weighted by Crippen LogP contribution is -2.31. The highest BCUT2D eigenvalue weighted by Gasteiger charge is 2.46. The van der Waals surface area contributed by atoms with Crippen molar-refractivity contribution in [3.63, 3.8) is 0 Å². The van der Waals surface area contributed by atoms with Crippen LogP contribution in [-0.4, -0.2) is 8.07 Å². The quantitative estimate of drug-likeness (QED) is 0.139. The van der Waals surface area contributed by atoms with Crippen molar-refractivity contribution in [3.8, 4) is 11.5 Å². The zero-order valence-electron chi connectivity index (χ0n) is 25.7.